The van der Waals surface area contributed by atoms with E-state index in [4.69, 9.17) is 4.74 Å². The Kier molecular flexibility index (Phi) is 3.06. The van der Waals surface area contributed by atoms with Gasteiger partial charge in [-0.1, -0.05) is 18.2 Å². The van der Waals surface area contributed by atoms with E-state index >= 15 is 0 Å². The fourth-order valence-corrected chi connectivity index (χ4v) is 1.74. The molecule has 0 unspecified atom stereocenters. The average Bonchev–Trinajstić information content (AvgIpc) is 2.30. The predicted octanol–water partition coefficient (Wildman–Crippen LogP) is 2.34. The van der Waals surface area contributed by atoms with Crippen molar-refractivity contribution in [3.8, 4) is 0 Å². The molecule has 16 heavy (non-hydrogen) atoms. The molecule has 0 saturated carbocycles. The molecule has 0 radical (unpaired) electrons. The molecular weight excluding hydrogens is 202 g/mol. The van der Waals surface area contributed by atoms with Crippen molar-refractivity contribution in [2.45, 2.75) is 20.0 Å². The van der Waals surface area contributed by atoms with Gasteiger partial charge in [0.2, 0.25) is 0 Å². The summed E-state index contributed by atoms with van der Waals surface area (Å²) in [7, 11) is 0. The molecule has 0 saturated heterocycles. The van der Waals surface area contributed by atoms with E-state index in [1.165, 1.54) is 0 Å². The highest BCUT2D eigenvalue weighted by atomic mass is 16.5. The fraction of sp³-hybridized carbons (Fsp3) is 0.308. The van der Waals surface area contributed by atoms with Crippen LogP contribution in [0.25, 0.3) is 0 Å². The van der Waals surface area contributed by atoms with Crippen LogP contribution in [0.15, 0.2) is 42.1 Å². The topological polar surface area (TPSA) is 29.5 Å². The first-order chi connectivity index (χ1) is 7.68. The number of carbonyl (C=O) groups excluding carboxylic acids is 1. The molecular formula is C13H15NO2. The number of ketones is 1. The van der Waals surface area contributed by atoms with Crippen molar-refractivity contribution in [1.82, 2.24) is 0 Å². The summed E-state index contributed by atoms with van der Waals surface area (Å²) >= 11 is 0. The summed E-state index contributed by atoms with van der Waals surface area (Å²) in [6.07, 6.45) is 1.77. The molecule has 84 valence electrons. The number of ether oxygens (including phenoxy) is 1. The Balaban J connectivity index is 2.28. The third-order valence-corrected chi connectivity index (χ3v) is 2.69. The van der Waals surface area contributed by atoms with Gasteiger partial charge in [-0.05, 0) is 26.0 Å². The van der Waals surface area contributed by atoms with Gasteiger partial charge in [-0.2, -0.15) is 0 Å². The molecule has 0 amide bonds. The lowest BCUT2D eigenvalue weighted by molar-refractivity contribution is -0.115. The minimum Gasteiger partial charge on any atom is -0.353 e. The van der Waals surface area contributed by atoms with Crippen molar-refractivity contribution in [3.63, 3.8) is 0 Å². The Morgan fingerprint density at radius 3 is 2.69 bits per heavy atom. The van der Waals surface area contributed by atoms with E-state index in [-0.39, 0.29) is 11.9 Å². The lowest BCUT2D eigenvalue weighted by atomic mass is 10.1. The third-order valence-electron chi connectivity index (χ3n) is 2.69. The van der Waals surface area contributed by atoms with Crippen LogP contribution in [0.2, 0.25) is 0 Å². The first kappa shape index (κ1) is 10.9. The molecule has 3 nitrogen and oxygen atoms in total. The number of Topliss-reactive ketones (excluding diaryl/α,β-unsaturated/α-hetero) is 1. The molecule has 0 bridgehead atoms. The molecule has 0 aliphatic carbocycles. The number of benzene rings is 1. The molecule has 0 fully saturated rings. The zero-order chi connectivity index (χ0) is 11.5. The van der Waals surface area contributed by atoms with E-state index < -0.39 is 0 Å². The van der Waals surface area contributed by atoms with Crippen molar-refractivity contribution in [1.29, 1.82) is 0 Å². The van der Waals surface area contributed by atoms with Crippen molar-refractivity contribution in [3.05, 3.63) is 42.1 Å². The summed E-state index contributed by atoms with van der Waals surface area (Å²) in [4.78, 5) is 13.4. The summed E-state index contributed by atoms with van der Waals surface area (Å²) in [6, 6.07) is 9.89. The Morgan fingerprint density at radius 1 is 1.38 bits per heavy atom. The molecule has 2 rings (SSSR count). The van der Waals surface area contributed by atoms with Gasteiger partial charge in [-0.25, -0.2) is 0 Å². The number of hydrogen-bond donors (Lipinski definition) is 0. The molecule has 3 heteroatoms. The fourth-order valence-electron chi connectivity index (χ4n) is 1.74. The second kappa shape index (κ2) is 4.49. The standard InChI is InChI=1S/C13H15NO2/c1-10(15)13-8-14(9-16-11(13)2)12-6-4-3-5-7-12/h3-8,11H,9H2,1-2H3/t11-/m1/s1. The first-order valence-electron chi connectivity index (χ1n) is 5.34. The smallest absolute Gasteiger partial charge is 0.159 e. The molecule has 1 atom stereocenters. The highest BCUT2D eigenvalue weighted by molar-refractivity contribution is 5.94. The Morgan fingerprint density at radius 2 is 2.06 bits per heavy atom. The second-order valence-electron chi connectivity index (χ2n) is 3.88. The third kappa shape index (κ3) is 2.14. The van der Waals surface area contributed by atoms with Crippen LogP contribution < -0.4 is 4.90 Å². The van der Waals surface area contributed by atoms with E-state index in [0.29, 0.717) is 6.73 Å². The zero-order valence-electron chi connectivity index (χ0n) is 9.51. The monoisotopic (exact) mass is 217 g/mol. The van der Waals surface area contributed by atoms with Gasteiger partial charge in [0.25, 0.3) is 0 Å². The maximum absolute atomic E-state index is 11.4. The van der Waals surface area contributed by atoms with E-state index in [9.17, 15) is 4.79 Å². The molecule has 1 aromatic rings. The van der Waals surface area contributed by atoms with Crippen LogP contribution in [-0.4, -0.2) is 18.6 Å². The minimum atomic E-state index is -0.113. The molecule has 0 aromatic heterocycles. The van der Waals surface area contributed by atoms with Gasteiger partial charge in [0, 0.05) is 17.5 Å². The van der Waals surface area contributed by atoms with Crippen LogP contribution in [0.4, 0.5) is 5.69 Å². The maximum Gasteiger partial charge on any atom is 0.159 e. The number of nitrogens with zero attached hydrogens (tertiary/aromatic N) is 1. The van der Waals surface area contributed by atoms with Crippen molar-refractivity contribution >= 4 is 11.5 Å². The first-order valence-corrected chi connectivity index (χ1v) is 5.34. The van der Waals surface area contributed by atoms with Crippen molar-refractivity contribution in [2.24, 2.45) is 0 Å². The highest BCUT2D eigenvalue weighted by Gasteiger charge is 2.21. The minimum absolute atomic E-state index is 0.0631. The summed E-state index contributed by atoms with van der Waals surface area (Å²) in [6.45, 7) is 3.96. The molecule has 1 aliphatic heterocycles. The Labute approximate surface area is 95.3 Å². The van der Waals surface area contributed by atoms with Crippen LogP contribution >= 0.6 is 0 Å². The number of rotatable bonds is 2. The van der Waals surface area contributed by atoms with E-state index in [1.807, 2.05) is 48.4 Å². The largest absolute Gasteiger partial charge is 0.353 e. The normalized spacial score (nSPS) is 20.5. The number of para-hydroxylation sites is 1. The number of carbonyl (C=O) groups is 1. The van der Waals surface area contributed by atoms with Gasteiger partial charge >= 0.3 is 0 Å². The average molecular weight is 217 g/mol. The number of anilines is 1. The summed E-state index contributed by atoms with van der Waals surface area (Å²) in [5.74, 6) is 0.0631. The van der Waals surface area contributed by atoms with Gasteiger partial charge in [0.15, 0.2) is 5.78 Å². The second-order valence-corrected chi connectivity index (χ2v) is 3.88. The lowest BCUT2D eigenvalue weighted by Gasteiger charge is -2.30. The van der Waals surface area contributed by atoms with Crippen molar-refractivity contribution < 1.29 is 9.53 Å². The Hall–Kier alpha value is -1.61. The van der Waals surface area contributed by atoms with Crippen LogP contribution in [-0.2, 0) is 9.53 Å². The highest BCUT2D eigenvalue weighted by Crippen LogP contribution is 2.21. The van der Waals surface area contributed by atoms with Gasteiger partial charge in [-0.15, -0.1) is 0 Å². The molecule has 1 aromatic carbocycles. The molecule has 0 N–H and O–H groups in total. The van der Waals surface area contributed by atoms with Gasteiger partial charge in [0.1, 0.15) is 6.73 Å². The van der Waals surface area contributed by atoms with Gasteiger partial charge in [0.05, 0.1) is 6.10 Å². The summed E-state index contributed by atoms with van der Waals surface area (Å²) < 4.78 is 5.56. The molecule has 0 spiro atoms. The summed E-state index contributed by atoms with van der Waals surface area (Å²) in [5, 5.41) is 0. The van der Waals surface area contributed by atoms with Crippen LogP contribution in [0.3, 0.4) is 0 Å². The van der Waals surface area contributed by atoms with E-state index in [2.05, 4.69) is 0 Å². The van der Waals surface area contributed by atoms with Crippen LogP contribution in [0, 0.1) is 0 Å². The van der Waals surface area contributed by atoms with E-state index in [0.717, 1.165) is 11.3 Å². The molecule has 1 heterocycles. The molecule has 1 aliphatic rings. The quantitative estimate of drug-likeness (QED) is 0.761. The van der Waals surface area contributed by atoms with Gasteiger partial charge in [-0.3, -0.25) is 4.79 Å². The van der Waals surface area contributed by atoms with Crippen LogP contribution in [0.5, 0.6) is 0 Å². The van der Waals surface area contributed by atoms with Crippen molar-refractivity contribution in [2.75, 3.05) is 11.6 Å². The lowest BCUT2D eigenvalue weighted by Crippen LogP contribution is -2.33. The summed E-state index contributed by atoms with van der Waals surface area (Å²) in [5.41, 5.74) is 1.75. The van der Waals surface area contributed by atoms with Gasteiger partial charge < -0.3 is 9.64 Å². The van der Waals surface area contributed by atoms with E-state index in [1.54, 1.807) is 6.92 Å². The Bertz CT molecular complexity index is 411. The predicted molar refractivity (Wildman–Crippen MR) is 63.1 cm³/mol. The van der Waals surface area contributed by atoms with Crippen LogP contribution in [0.1, 0.15) is 13.8 Å². The zero-order valence-corrected chi connectivity index (χ0v) is 9.51. The number of hydrogen-bond acceptors (Lipinski definition) is 3. The maximum atomic E-state index is 11.4. The SMILES string of the molecule is CC(=O)C1=CN(c2ccccc2)CO[C@@H]1C.